The van der Waals surface area contributed by atoms with Crippen LogP contribution in [0.3, 0.4) is 0 Å². The quantitative estimate of drug-likeness (QED) is 0.793. The second-order valence-electron chi connectivity index (χ2n) is 4.49. The van der Waals surface area contributed by atoms with Crippen molar-refractivity contribution in [1.29, 1.82) is 0 Å². The van der Waals surface area contributed by atoms with E-state index in [1.165, 1.54) is 22.9 Å². The lowest BCUT2D eigenvalue weighted by molar-refractivity contribution is 0.0693. The first-order valence-electron chi connectivity index (χ1n) is 6.33. The van der Waals surface area contributed by atoms with Crippen LogP contribution in [0.5, 0.6) is 5.75 Å². The normalized spacial score (nSPS) is 10.4. The van der Waals surface area contributed by atoms with E-state index < -0.39 is 11.7 Å². The molecule has 0 saturated carbocycles. The third-order valence-corrected chi connectivity index (χ3v) is 3.01. The summed E-state index contributed by atoms with van der Waals surface area (Å²) in [6.45, 7) is 1.94. The fraction of sp³-hybridized carbons (Fsp3) is 0.214. The molecule has 3 N–H and O–H groups in total. The topological polar surface area (TPSA) is 104 Å². The molecule has 1 aromatic heterocycles. The third kappa shape index (κ3) is 3.02. The highest BCUT2D eigenvalue weighted by molar-refractivity contribution is 6.03. The number of aromatic hydroxyl groups is 1. The van der Waals surface area contributed by atoms with Crippen LogP contribution in [0.15, 0.2) is 24.3 Å². The van der Waals surface area contributed by atoms with Crippen molar-refractivity contribution in [2.24, 2.45) is 7.05 Å². The Morgan fingerprint density at radius 1 is 1.33 bits per heavy atom. The first-order valence-corrected chi connectivity index (χ1v) is 6.33. The number of amides is 1. The van der Waals surface area contributed by atoms with E-state index in [-0.39, 0.29) is 11.5 Å². The zero-order chi connectivity index (χ0) is 15.6. The van der Waals surface area contributed by atoms with Gasteiger partial charge in [0.25, 0.3) is 5.91 Å². The number of anilines is 1. The maximum atomic E-state index is 12.1. The number of nitrogens with one attached hydrogen (secondary N) is 1. The number of benzene rings is 1. The summed E-state index contributed by atoms with van der Waals surface area (Å²) < 4.78 is 1.47. The molecule has 0 unspecified atom stereocenters. The van der Waals surface area contributed by atoms with Crippen molar-refractivity contribution < 1.29 is 19.8 Å². The van der Waals surface area contributed by atoms with Crippen molar-refractivity contribution in [2.75, 3.05) is 5.32 Å². The number of phenols is 1. The maximum Gasteiger partial charge on any atom is 0.339 e. The molecule has 2 aromatic rings. The van der Waals surface area contributed by atoms with Crippen LogP contribution >= 0.6 is 0 Å². The molecular formula is C14H15N3O4. The summed E-state index contributed by atoms with van der Waals surface area (Å²) in [7, 11) is 1.67. The van der Waals surface area contributed by atoms with Gasteiger partial charge < -0.3 is 15.5 Å². The van der Waals surface area contributed by atoms with Gasteiger partial charge in [-0.1, -0.05) is 6.92 Å². The van der Waals surface area contributed by atoms with Gasteiger partial charge in [0.1, 0.15) is 17.0 Å². The van der Waals surface area contributed by atoms with Crippen LogP contribution in [-0.2, 0) is 13.5 Å². The number of carboxylic acids is 1. The minimum Gasteiger partial charge on any atom is -0.507 e. The van der Waals surface area contributed by atoms with Crippen LogP contribution in [0, 0.1) is 0 Å². The molecule has 1 aromatic carbocycles. The van der Waals surface area contributed by atoms with Crippen LogP contribution in [0.25, 0.3) is 0 Å². The molecule has 0 fully saturated rings. The summed E-state index contributed by atoms with van der Waals surface area (Å²) in [6.07, 6.45) is 0.717. The number of aromatic nitrogens is 2. The first-order chi connectivity index (χ1) is 9.92. The summed E-state index contributed by atoms with van der Waals surface area (Å²) in [5, 5.41) is 25.2. The Bertz CT molecular complexity index is 706. The van der Waals surface area contributed by atoms with E-state index in [2.05, 4.69) is 10.4 Å². The van der Waals surface area contributed by atoms with E-state index in [9.17, 15) is 14.7 Å². The summed E-state index contributed by atoms with van der Waals surface area (Å²) in [5.74, 6) is -2.02. The minimum absolute atomic E-state index is 0.221. The summed E-state index contributed by atoms with van der Waals surface area (Å²) in [6, 6.07) is 5.52. The van der Waals surface area contributed by atoms with Crippen molar-refractivity contribution >= 4 is 17.6 Å². The van der Waals surface area contributed by atoms with E-state index in [4.69, 9.17) is 5.11 Å². The molecule has 0 saturated heterocycles. The molecule has 1 amide bonds. The lowest BCUT2D eigenvalue weighted by Gasteiger charge is -2.07. The molecule has 110 valence electrons. The van der Waals surface area contributed by atoms with Gasteiger partial charge in [-0.05, 0) is 24.6 Å². The summed E-state index contributed by atoms with van der Waals surface area (Å²) >= 11 is 0. The molecule has 1 heterocycles. The van der Waals surface area contributed by atoms with Gasteiger partial charge in [-0.3, -0.25) is 9.48 Å². The summed E-state index contributed by atoms with van der Waals surface area (Å²) in [5.41, 5.74) is 1.27. The molecule has 7 heteroatoms. The van der Waals surface area contributed by atoms with Gasteiger partial charge in [0.2, 0.25) is 0 Å². The van der Waals surface area contributed by atoms with Crippen LogP contribution in [0.1, 0.15) is 33.5 Å². The van der Waals surface area contributed by atoms with Crippen molar-refractivity contribution in [1.82, 2.24) is 9.78 Å². The molecule has 21 heavy (non-hydrogen) atoms. The number of carboxylic acid groups (broad SMARTS) is 1. The summed E-state index contributed by atoms with van der Waals surface area (Å²) in [4.78, 5) is 22.9. The molecule has 2 rings (SSSR count). The maximum absolute atomic E-state index is 12.1. The monoisotopic (exact) mass is 289 g/mol. The Balaban J connectivity index is 2.21. The molecule has 0 aliphatic carbocycles. The number of hydrogen-bond acceptors (Lipinski definition) is 4. The minimum atomic E-state index is -1.23. The smallest absolute Gasteiger partial charge is 0.339 e. The van der Waals surface area contributed by atoms with Gasteiger partial charge in [-0.15, -0.1) is 0 Å². The highest BCUT2D eigenvalue weighted by Gasteiger charge is 2.15. The van der Waals surface area contributed by atoms with E-state index >= 15 is 0 Å². The molecule has 0 aliphatic rings. The molecular weight excluding hydrogens is 274 g/mol. The molecule has 0 atom stereocenters. The van der Waals surface area contributed by atoms with Crippen molar-refractivity contribution in [2.45, 2.75) is 13.3 Å². The third-order valence-electron chi connectivity index (χ3n) is 3.01. The van der Waals surface area contributed by atoms with E-state index in [1.807, 2.05) is 6.92 Å². The molecule has 0 aliphatic heterocycles. The van der Waals surface area contributed by atoms with Gasteiger partial charge in [0.05, 0.1) is 5.69 Å². The number of nitrogens with zero attached hydrogens (tertiary/aromatic N) is 2. The zero-order valence-electron chi connectivity index (χ0n) is 11.6. The predicted octanol–water partition coefficient (Wildman–Crippen LogP) is 1.64. The standard InChI is InChI=1S/C14H15N3O4/c1-3-8-6-11(17(2)16-8)13(19)15-9-4-5-10(14(20)21)12(18)7-9/h4-7,18H,3H2,1-2H3,(H,15,19)(H,20,21). The van der Waals surface area contributed by atoms with E-state index in [1.54, 1.807) is 13.1 Å². The highest BCUT2D eigenvalue weighted by Crippen LogP contribution is 2.22. The van der Waals surface area contributed by atoms with Crippen molar-refractivity contribution in [3.05, 3.63) is 41.2 Å². The average molecular weight is 289 g/mol. The first kappa shape index (κ1) is 14.6. The SMILES string of the molecule is CCc1cc(C(=O)Nc2ccc(C(=O)O)c(O)c2)n(C)n1. The Hall–Kier alpha value is -2.83. The fourth-order valence-electron chi connectivity index (χ4n) is 1.90. The van der Waals surface area contributed by atoms with Crippen LogP contribution in [0.4, 0.5) is 5.69 Å². The van der Waals surface area contributed by atoms with Crippen LogP contribution in [0.2, 0.25) is 0 Å². The Morgan fingerprint density at radius 3 is 2.57 bits per heavy atom. The van der Waals surface area contributed by atoms with E-state index in [0.717, 1.165) is 12.1 Å². The van der Waals surface area contributed by atoms with Crippen LogP contribution < -0.4 is 5.32 Å². The molecule has 0 radical (unpaired) electrons. The van der Waals surface area contributed by atoms with Gasteiger partial charge >= 0.3 is 5.97 Å². The Labute approximate surface area is 120 Å². The predicted molar refractivity (Wildman–Crippen MR) is 75.6 cm³/mol. The largest absolute Gasteiger partial charge is 0.507 e. The van der Waals surface area contributed by atoms with Crippen molar-refractivity contribution in [3.63, 3.8) is 0 Å². The zero-order valence-corrected chi connectivity index (χ0v) is 11.6. The Morgan fingerprint density at radius 2 is 2.05 bits per heavy atom. The lowest BCUT2D eigenvalue weighted by Crippen LogP contribution is -2.16. The molecule has 0 bridgehead atoms. The van der Waals surface area contributed by atoms with E-state index in [0.29, 0.717) is 11.4 Å². The Kier molecular flexibility index (Phi) is 3.93. The fourth-order valence-corrected chi connectivity index (χ4v) is 1.90. The highest BCUT2D eigenvalue weighted by atomic mass is 16.4. The number of carbonyl (C=O) groups excluding carboxylic acids is 1. The number of carbonyl (C=O) groups is 2. The number of aryl methyl sites for hydroxylation is 2. The lowest BCUT2D eigenvalue weighted by atomic mass is 10.2. The van der Waals surface area contributed by atoms with Gasteiger partial charge in [-0.25, -0.2) is 4.79 Å². The molecule has 7 nitrogen and oxygen atoms in total. The molecule has 0 spiro atoms. The van der Waals surface area contributed by atoms with Gasteiger partial charge in [0.15, 0.2) is 0 Å². The second kappa shape index (κ2) is 5.66. The van der Waals surface area contributed by atoms with Crippen LogP contribution in [-0.4, -0.2) is 31.9 Å². The van der Waals surface area contributed by atoms with Gasteiger partial charge in [-0.2, -0.15) is 5.10 Å². The number of hydrogen-bond donors (Lipinski definition) is 3. The average Bonchev–Trinajstić information content (AvgIpc) is 2.79. The van der Waals surface area contributed by atoms with Crippen molar-refractivity contribution in [3.8, 4) is 5.75 Å². The van der Waals surface area contributed by atoms with Gasteiger partial charge in [0, 0.05) is 18.8 Å². The second-order valence-corrected chi connectivity index (χ2v) is 4.49. The number of aromatic carboxylic acids is 1. The number of rotatable bonds is 4.